The fourth-order valence-electron chi connectivity index (χ4n) is 11.6. The van der Waals surface area contributed by atoms with Gasteiger partial charge in [0.15, 0.2) is 6.10 Å². The number of carbonyl (C=O) groups is 3. The van der Waals surface area contributed by atoms with Crippen molar-refractivity contribution in [1.82, 2.24) is 0 Å². The molecule has 0 aliphatic heterocycles. The van der Waals surface area contributed by atoms with Gasteiger partial charge in [-0.05, 0) is 51.4 Å². The molecule has 1 atom stereocenters. The molecule has 6 nitrogen and oxygen atoms in total. The Kier molecular flexibility index (Phi) is 70.0. The van der Waals surface area contributed by atoms with Crippen molar-refractivity contribution in [3.63, 3.8) is 0 Å². The molecule has 0 aromatic carbocycles. The third-order valence-electron chi connectivity index (χ3n) is 17.2. The average Bonchev–Trinajstić information content (AvgIpc) is 3.49. The number of carbonyl (C=O) groups excluding carboxylic acids is 3. The maximum absolute atomic E-state index is 12.9. The van der Waals surface area contributed by atoms with E-state index in [-0.39, 0.29) is 31.1 Å². The lowest BCUT2D eigenvalue weighted by Crippen LogP contribution is -2.30. The first-order valence-corrected chi connectivity index (χ1v) is 37.5. The number of ether oxygens (including phenoxy) is 3. The summed E-state index contributed by atoms with van der Waals surface area (Å²) in [5.41, 5.74) is 0. The molecule has 0 bridgehead atoms. The molecule has 1 unspecified atom stereocenters. The molecule has 0 spiro atoms. The predicted molar refractivity (Wildman–Crippen MR) is 362 cm³/mol. The largest absolute Gasteiger partial charge is 0.462 e. The Labute approximate surface area is 518 Å². The molecule has 0 aliphatic carbocycles. The van der Waals surface area contributed by atoms with Gasteiger partial charge >= 0.3 is 17.9 Å². The molecule has 83 heavy (non-hydrogen) atoms. The molecule has 0 fully saturated rings. The SMILES string of the molecule is CC/C=C\C/C=C\C/C=C\CCCCCC(=O)OCC(COC(=O)CCCCCCCCCCCCCCCCCCCCCCCCCCCCCCCCCCC)OC(=O)CCCCCCCCCCCCCCCCCCCCC. The van der Waals surface area contributed by atoms with Gasteiger partial charge in [0.25, 0.3) is 0 Å². The summed E-state index contributed by atoms with van der Waals surface area (Å²) in [6, 6.07) is 0. The topological polar surface area (TPSA) is 78.9 Å². The standard InChI is InChI=1S/C77H144O6/c1-4-7-10-13-16-19-22-25-27-29-31-32-33-34-35-36-37-38-39-40-41-42-43-44-46-47-49-52-55-58-61-64-67-70-76(79)82-73-74(72-81-75(78)69-66-63-60-57-54-51-24-21-18-15-12-9-6-3)83-77(80)71-68-65-62-59-56-53-50-48-45-30-28-26-23-20-17-14-11-8-5-2/h9,12,18,21,51,54,74H,4-8,10-11,13-17,19-20,22-50,52-53,55-73H2,1-3H3/b12-9-,21-18-,54-51-. The number of unbranched alkanes of at least 4 members (excludes halogenated alkanes) is 53. The van der Waals surface area contributed by atoms with Crippen LogP contribution in [0.3, 0.4) is 0 Å². The Balaban J connectivity index is 4.10. The molecule has 0 aromatic heterocycles. The summed E-state index contributed by atoms with van der Waals surface area (Å²) < 4.78 is 17.0. The highest BCUT2D eigenvalue weighted by Gasteiger charge is 2.20. The van der Waals surface area contributed by atoms with E-state index in [1.807, 2.05) is 0 Å². The van der Waals surface area contributed by atoms with E-state index in [1.165, 1.54) is 295 Å². The number of hydrogen-bond donors (Lipinski definition) is 0. The summed E-state index contributed by atoms with van der Waals surface area (Å²) in [5, 5.41) is 0. The quantitative estimate of drug-likeness (QED) is 0.0261. The molecule has 0 aliphatic rings. The summed E-state index contributed by atoms with van der Waals surface area (Å²) in [7, 11) is 0. The molecule has 0 saturated carbocycles. The molecule has 6 heteroatoms. The van der Waals surface area contributed by atoms with E-state index >= 15 is 0 Å². The molecular formula is C77H144O6. The van der Waals surface area contributed by atoms with Gasteiger partial charge in [0.2, 0.25) is 0 Å². The smallest absolute Gasteiger partial charge is 0.306 e. The minimum absolute atomic E-state index is 0.0757. The first kappa shape index (κ1) is 80.6. The van der Waals surface area contributed by atoms with Crippen LogP contribution in [0.4, 0.5) is 0 Å². The second-order valence-corrected chi connectivity index (χ2v) is 25.5. The van der Waals surface area contributed by atoms with Crippen molar-refractivity contribution in [3.05, 3.63) is 36.5 Å². The van der Waals surface area contributed by atoms with Gasteiger partial charge in [-0.15, -0.1) is 0 Å². The van der Waals surface area contributed by atoms with Crippen molar-refractivity contribution in [1.29, 1.82) is 0 Å². The number of esters is 3. The van der Waals surface area contributed by atoms with Crippen LogP contribution in [-0.4, -0.2) is 37.2 Å². The molecule has 0 aromatic rings. The van der Waals surface area contributed by atoms with E-state index in [1.54, 1.807) is 0 Å². The minimum atomic E-state index is -0.782. The molecule has 0 N–H and O–H groups in total. The zero-order valence-corrected chi connectivity index (χ0v) is 56.2. The third-order valence-corrected chi connectivity index (χ3v) is 17.2. The molecule has 0 radical (unpaired) electrons. The van der Waals surface area contributed by atoms with E-state index < -0.39 is 6.10 Å². The highest BCUT2D eigenvalue weighted by molar-refractivity contribution is 5.71. The Hall–Kier alpha value is -2.37. The summed E-state index contributed by atoms with van der Waals surface area (Å²) in [6.07, 6.45) is 90.7. The van der Waals surface area contributed by atoms with Gasteiger partial charge in [0, 0.05) is 19.3 Å². The Morgan fingerprint density at radius 1 is 0.253 bits per heavy atom. The molecule has 0 saturated heterocycles. The Morgan fingerprint density at radius 2 is 0.470 bits per heavy atom. The van der Waals surface area contributed by atoms with Gasteiger partial charge < -0.3 is 14.2 Å². The zero-order chi connectivity index (χ0) is 59.9. The van der Waals surface area contributed by atoms with Crippen LogP contribution in [0, 0.1) is 0 Å². The normalized spacial score (nSPS) is 12.2. The van der Waals surface area contributed by atoms with Gasteiger partial charge in [0.05, 0.1) is 0 Å². The lowest BCUT2D eigenvalue weighted by molar-refractivity contribution is -0.167. The van der Waals surface area contributed by atoms with Crippen LogP contribution in [0.25, 0.3) is 0 Å². The Bertz CT molecular complexity index is 1380. The van der Waals surface area contributed by atoms with Gasteiger partial charge in [-0.25, -0.2) is 0 Å². The van der Waals surface area contributed by atoms with Gasteiger partial charge in [-0.1, -0.05) is 385 Å². The fourth-order valence-corrected chi connectivity index (χ4v) is 11.6. The Morgan fingerprint density at radius 3 is 0.735 bits per heavy atom. The van der Waals surface area contributed by atoms with Crippen molar-refractivity contribution in [2.45, 2.75) is 425 Å². The van der Waals surface area contributed by atoms with Crippen molar-refractivity contribution in [2.75, 3.05) is 13.2 Å². The van der Waals surface area contributed by atoms with Crippen LogP contribution in [-0.2, 0) is 28.6 Å². The minimum Gasteiger partial charge on any atom is -0.462 e. The van der Waals surface area contributed by atoms with E-state index in [9.17, 15) is 14.4 Å². The van der Waals surface area contributed by atoms with Crippen molar-refractivity contribution < 1.29 is 28.6 Å². The lowest BCUT2D eigenvalue weighted by atomic mass is 10.0. The number of allylic oxidation sites excluding steroid dienone is 6. The van der Waals surface area contributed by atoms with Crippen LogP contribution in [0.2, 0.25) is 0 Å². The maximum atomic E-state index is 12.9. The number of rotatable bonds is 70. The molecule has 0 rings (SSSR count). The van der Waals surface area contributed by atoms with Crippen LogP contribution >= 0.6 is 0 Å². The molecule has 0 amide bonds. The second-order valence-electron chi connectivity index (χ2n) is 25.5. The molecule has 488 valence electrons. The van der Waals surface area contributed by atoms with Gasteiger partial charge in [-0.2, -0.15) is 0 Å². The first-order valence-electron chi connectivity index (χ1n) is 37.5. The average molecular weight is 1170 g/mol. The van der Waals surface area contributed by atoms with E-state index in [4.69, 9.17) is 14.2 Å². The van der Waals surface area contributed by atoms with Crippen LogP contribution in [0.5, 0.6) is 0 Å². The molecular weight excluding hydrogens is 1020 g/mol. The fraction of sp³-hybridized carbons (Fsp3) is 0.883. The van der Waals surface area contributed by atoms with Crippen molar-refractivity contribution in [2.24, 2.45) is 0 Å². The zero-order valence-electron chi connectivity index (χ0n) is 56.2. The van der Waals surface area contributed by atoms with E-state index in [0.717, 1.165) is 83.5 Å². The summed E-state index contributed by atoms with van der Waals surface area (Å²) in [6.45, 7) is 6.58. The highest BCUT2D eigenvalue weighted by atomic mass is 16.6. The summed E-state index contributed by atoms with van der Waals surface area (Å²) in [4.78, 5) is 38.4. The maximum Gasteiger partial charge on any atom is 0.306 e. The summed E-state index contributed by atoms with van der Waals surface area (Å²) in [5.74, 6) is -0.876. The second kappa shape index (κ2) is 72.1. The van der Waals surface area contributed by atoms with E-state index in [0.29, 0.717) is 19.3 Å². The van der Waals surface area contributed by atoms with Crippen LogP contribution < -0.4 is 0 Å². The van der Waals surface area contributed by atoms with Crippen molar-refractivity contribution in [3.8, 4) is 0 Å². The molecule has 0 heterocycles. The first-order chi connectivity index (χ1) is 41.0. The monoisotopic (exact) mass is 1170 g/mol. The predicted octanol–water partition coefficient (Wildman–Crippen LogP) is 25.9. The third kappa shape index (κ3) is 70.3. The summed E-state index contributed by atoms with van der Waals surface area (Å²) >= 11 is 0. The van der Waals surface area contributed by atoms with Gasteiger partial charge in [0.1, 0.15) is 13.2 Å². The van der Waals surface area contributed by atoms with Crippen LogP contribution in [0.1, 0.15) is 419 Å². The number of hydrogen-bond acceptors (Lipinski definition) is 6. The van der Waals surface area contributed by atoms with Gasteiger partial charge in [-0.3, -0.25) is 14.4 Å². The van der Waals surface area contributed by atoms with Crippen molar-refractivity contribution >= 4 is 17.9 Å². The lowest BCUT2D eigenvalue weighted by Gasteiger charge is -2.18. The highest BCUT2D eigenvalue weighted by Crippen LogP contribution is 2.20. The van der Waals surface area contributed by atoms with Crippen LogP contribution in [0.15, 0.2) is 36.5 Å². The van der Waals surface area contributed by atoms with E-state index in [2.05, 4.69) is 57.2 Å².